The van der Waals surface area contributed by atoms with Crippen LogP contribution in [0.1, 0.15) is 40.5 Å². The molecule has 2 aromatic rings. The van der Waals surface area contributed by atoms with Crippen molar-refractivity contribution < 1.29 is 13.2 Å². The third-order valence-electron chi connectivity index (χ3n) is 5.38. The predicted octanol–water partition coefficient (Wildman–Crippen LogP) is 2.55. The average molecular weight is 419 g/mol. The normalized spacial score (nSPS) is 18.3. The largest absolute Gasteiger partial charge is 0.325 e. The molecule has 1 fully saturated rings. The molecule has 1 aromatic heterocycles. The zero-order valence-electron chi connectivity index (χ0n) is 17.8. The first-order chi connectivity index (χ1) is 13.5. The van der Waals surface area contributed by atoms with Crippen LogP contribution in [-0.2, 0) is 21.2 Å². The van der Waals surface area contributed by atoms with E-state index in [9.17, 15) is 13.2 Å². The monoisotopic (exact) mass is 418 g/mol. The number of benzene rings is 1. The number of anilines is 1. The molecule has 1 N–H and O–H groups in total. The molecule has 7 nitrogen and oxygen atoms in total. The molecule has 0 saturated carbocycles. The molecule has 0 aliphatic carbocycles. The summed E-state index contributed by atoms with van der Waals surface area (Å²) in [6, 6.07) is 5.89. The van der Waals surface area contributed by atoms with Gasteiger partial charge in [-0.1, -0.05) is 6.07 Å². The van der Waals surface area contributed by atoms with Crippen molar-refractivity contribution in [3.8, 4) is 0 Å². The van der Waals surface area contributed by atoms with Crippen LogP contribution in [0.4, 0.5) is 5.69 Å². The van der Waals surface area contributed by atoms with Gasteiger partial charge in [0.1, 0.15) is 0 Å². The van der Waals surface area contributed by atoms with Gasteiger partial charge in [0.15, 0.2) is 9.84 Å². The van der Waals surface area contributed by atoms with Gasteiger partial charge in [0.05, 0.1) is 29.8 Å². The van der Waals surface area contributed by atoms with Crippen molar-refractivity contribution in [3.63, 3.8) is 0 Å². The lowest BCUT2D eigenvalue weighted by molar-refractivity contribution is -0.117. The maximum Gasteiger partial charge on any atom is 0.238 e. The third kappa shape index (κ3) is 5.25. The Morgan fingerprint density at radius 3 is 2.45 bits per heavy atom. The maximum absolute atomic E-state index is 12.5. The Hall–Kier alpha value is -2.19. The number of carbonyl (C=O) groups is 1. The van der Waals surface area contributed by atoms with E-state index in [0.717, 1.165) is 33.8 Å². The van der Waals surface area contributed by atoms with E-state index >= 15 is 0 Å². The highest BCUT2D eigenvalue weighted by Gasteiger charge is 2.31. The highest BCUT2D eigenvalue weighted by molar-refractivity contribution is 7.91. The molecule has 1 aliphatic heterocycles. The van der Waals surface area contributed by atoms with Gasteiger partial charge in [0.2, 0.25) is 5.91 Å². The van der Waals surface area contributed by atoms with E-state index in [0.29, 0.717) is 13.0 Å². The Morgan fingerprint density at radius 1 is 1.21 bits per heavy atom. The van der Waals surface area contributed by atoms with E-state index in [-0.39, 0.29) is 30.0 Å². The SMILES string of the molecule is Cc1cc(C)cc(NC(=O)CN(C)Cc2c(C)nn([C@@H]3CCS(=O)(=O)C3)c2C)c1. The lowest BCUT2D eigenvalue weighted by Gasteiger charge is -2.17. The number of aromatic nitrogens is 2. The standard InChI is InChI=1S/C21H30N4O3S/c1-14-8-15(2)10-18(9-14)22-21(26)12-24(5)11-20-16(3)23-25(17(20)4)19-6-7-29(27,28)13-19/h8-10,19H,6-7,11-13H2,1-5H3,(H,22,26)/t19-/m1/s1. The lowest BCUT2D eigenvalue weighted by Crippen LogP contribution is -2.30. The van der Waals surface area contributed by atoms with Crippen molar-refractivity contribution in [1.29, 1.82) is 0 Å². The molecule has 0 radical (unpaired) electrons. The zero-order valence-corrected chi connectivity index (χ0v) is 18.6. The fourth-order valence-corrected chi connectivity index (χ4v) is 5.76. The minimum Gasteiger partial charge on any atom is -0.325 e. The molecule has 158 valence electrons. The van der Waals surface area contributed by atoms with E-state index in [1.54, 1.807) is 0 Å². The molecule has 1 atom stereocenters. The van der Waals surface area contributed by atoms with Gasteiger partial charge in [-0.05, 0) is 64.4 Å². The number of carbonyl (C=O) groups excluding carboxylic acids is 1. The van der Waals surface area contributed by atoms with Crippen LogP contribution in [0.15, 0.2) is 18.2 Å². The molecule has 0 bridgehead atoms. The van der Waals surface area contributed by atoms with Gasteiger partial charge < -0.3 is 5.32 Å². The maximum atomic E-state index is 12.5. The lowest BCUT2D eigenvalue weighted by atomic mass is 10.1. The highest BCUT2D eigenvalue weighted by Crippen LogP contribution is 2.27. The third-order valence-corrected chi connectivity index (χ3v) is 7.13. The van der Waals surface area contributed by atoms with Gasteiger partial charge in [0, 0.05) is 23.5 Å². The molecule has 3 rings (SSSR count). The Bertz CT molecular complexity index is 1010. The fraction of sp³-hybridized carbons (Fsp3) is 0.524. The second kappa shape index (κ2) is 8.28. The summed E-state index contributed by atoms with van der Waals surface area (Å²) in [6.07, 6.45) is 0.609. The fourth-order valence-electron chi connectivity index (χ4n) is 4.07. The molecule has 1 amide bonds. The number of sulfone groups is 1. The average Bonchev–Trinajstić information content (AvgIpc) is 3.07. The Labute approximate surface area is 173 Å². The van der Waals surface area contributed by atoms with Crippen LogP contribution in [0.25, 0.3) is 0 Å². The zero-order chi connectivity index (χ0) is 21.3. The highest BCUT2D eigenvalue weighted by atomic mass is 32.2. The first-order valence-electron chi connectivity index (χ1n) is 9.86. The summed E-state index contributed by atoms with van der Waals surface area (Å²) in [5, 5.41) is 7.56. The Kier molecular flexibility index (Phi) is 6.14. The van der Waals surface area contributed by atoms with Crippen LogP contribution in [0, 0.1) is 27.7 Å². The van der Waals surface area contributed by atoms with E-state index in [1.807, 2.05) is 56.5 Å². The molecule has 0 unspecified atom stereocenters. The summed E-state index contributed by atoms with van der Waals surface area (Å²) < 4.78 is 25.5. The van der Waals surface area contributed by atoms with Crippen LogP contribution in [-0.4, -0.2) is 54.1 Å². The van der Waals surface area contributed by atoms with Gasteiger partial charge in [-0.15, -0.1) is 0 Å². The molecule has 8 heteroatoms. The summed E-state index contributed by atoms with van der Waals surface area (Å²) in [4.78, 5) is 14.4. The smallest absolute Gasteiger partial charge is 0.238 e. The number of aryl methyl sites for hydroxylation is 3. The van der Waals surface area contributed by atoms with Gasteiger partial charge >= 0.3 is 0 Å². The topological polar surface area (TPSA) is 84.3 Å². The van der Waals surface area contributed by atoms with Gasteiger partial charge in [-0.2, -0.15) is 5.10 Å². The van der Waals surface area contributed by atoms with Gasteiger partial charge in [-0.25, -0.2) is 8.42 Å². The molecule has 0 spiro atoms. The summed E-state index contributed by atoms with van der Waals surface area (Å²) in [6.45, 7) is 8.77. The van der Waals surface area contributed by atoms with Crippen molar-refractivity contribution in [3.05, 3.63) is 46.3 Å². The summed E-state index contributed by atoms with van der Waals surface area (Å²) in [7, 11) is -1.06. The Morgan fingerprint density at radius 2 is 1.86 bits per heavy atom. The van der Waals surface area contributed by atoms with Crippen LogP contribution in [0.3, 0.4) is 0 Å². The molecule has 1 aromatic carbocycles. The number of nitrogens with zero attached hydrogens (tertiary/aromatic N) is 3. The second-order valence-corrected chi connectivity index (χ2v) is 10.5. The van der Waals surface area contributed by atoms with Crippen molar-refractivity contribution in [2.75, 3.05) is 30.4 Å². The molecular formula is C21H30N4O3S. The van der Waals surface area contributed by atoms with Crippen molar-refractivity contribution >= 4 is 21.4 Å². The molecular weight excluding hydrogens is 388 g/mol. The van der Waals surface area contributed by atoms with Gasteiger partial charge in [0.25, 0.3) is 0 Å². The summed E-state index contributed by atoms with van der Waals surface area (Å²) >= 11 is 0. The van der Waals surface area contributed by atoms with Crippen molar-refractivity contribution in [2.45, 2.75) is 46.7 Å². The minimum atomic E-state index is -2.96. The first-order valence-corrected chi connectivity index (χ1v) is 11.7. The molecule has 1 aliphatic rings. The second-order valence-electron chi connectivity index (χ2n) is 8.25. The molecule has 1 saturated heterocycles. The van der Waals surface area contributed by atoms with Gasteiger partial charge in [-0.3, -0.25) is 14.4 Å². The quantitative estimate of drug-likeness (QED) is 0.779. The number of rotatable bonds is 6. The Balaban J connectivity index is 1.64. The number of likely N-dealkylation sites (N-methyl/N-ethyl adjacent to an activating group) is 1. The number of nitrogens with one attached hydrogen (secondary N) is 1. The summed E-state index contributed by atoms with van der Waals surface area (Å²) in [5.41, 5.74) is 5.95. The van der Waals surface area contributed by atoms with E-state index in [4.69, 9.17) is 0 Å². The minimum absolute atomic E-state index is 0.0675. The summed E-state index contributed by atoms with van der Waals surface area (Å²) in [5.74, 6) is 0.314. The first kappa shape index (κ1) is 21.5. The molecule has 2 heterocycles. The molecule has 29 heavy (non-hydrogen) atoms. The number of hydrogen-bond donors (Lipinski definition) is 1. The van der Waals surface area contributed by atoms with Crippen molar-refractivity contribution in [2.24, 2.45) is 0 Å². The predicted molar refractivity (Wildman–Crippen MR) is 115 cm³/mol. The van der Waals surface area contributed by atoms with Crippen LogP contribution in [0.2, 0.25) is 0 Å². The van der Waals surface area contributed by atoms with Crippen LogP contribution in [0.5, 0.6) is 0 Å². The number of hydrogen-bond acceptors (Lipinski definition) is 5. The van der Waals surface area contributed by atoms with E-state index in [2.05, 4.69) is 16.5 Å². The van der Waals surface area contributed by atoms with Crippen LogP contribution < -0.4 is 5.32 Å². The van der Waals surface area contributed by atoms with Crippen LogP contribution >= 0.6 is 0 Å². The van der Waals surface area contributed by atoms with E-state index in [1.165, 1.54) is 0 Å². The van der Waals surface area contributed by atoms with Crippen molar-refractivity contribution in [1.82, 2.24) is 14.7 Å². The van der Waals surface area contributed by atoms with E-state index < -0.39 is 9.84 Å². The number of amides is 1.